The molecule has 0 bridgehead atoms. The standard InChI is InChI=1S/C11H17N3O5S/c1-8-12-9(7-14(8)2)20(17,18)13-11(10(15)16)3-5-19-6-4-11/h7,13H,3-6H2,1-2H3,(H,15,16). The Morgan fingerprint density at radius 1 is 1.50 bits per heavy atom. The topological polar surface area (TPSA) is 111 Å². The highest BCUT2D eigenvalue weighted by molar-refractivity contribution is 7.89. The van der Waals surface area contributed by atoms with E-state index < -0.39 is 21.5 Å². The van der Waals surface area contributed by atoms with Gasteiger partial charge in [-0.1, -0.05) is 0 Å². The SMILES string of the molecule is Cc1nc(S(=O)(=O)NC2(C(=O)O)CCOCC2)cn1C. The van der Waals surface area contributed by atoms with E-state index in [0.717, 1.165) is 0 Å². The Balaban J connectivity index is 2.32. The van der Waals surface area contributed by atoms with Gasteiger partial charge in [-0.05, 0) is 6.92 Å². The Morgan fingerprint density at radius 3 is 2.55 bits per heavy atom. The Bertz CT molecular complexity index is 597. The highest BCUT2D eigenvalue weighted by atomic mass is 32.2. The van der Waals surface area contributed by atoms with Gasteiger partial charge >= 0.3 is 5.97 Å². The molecule has 2 heterocycles. The fourth-order valence-corrected chi connectivity index (χ4v) is 3.50. The van der Waals surface area contributed by atoms with Crippen molar-refractivity contribution in [1.82, 2.24) is 14.3 Å². The molecule has 2 rings (SSSR count). The molecule has 1 saturated heterocycles. The molecule has 0 aliphatic carbocycles. The number of nitrogens with zero attached hydrogens (tertiary/aromatic N) is 2. The number of aryl methyl sites for hydroxylation is 2. The second-order valence-electron chi connectivity index (χ2n) is 4.84. The van der Waals surface area contributed by atoms with Crippen molar-refractivity contribution in [2.24, 2.45) is 7.05 Å². The van der Waals surface area contributed by atoms with Crippen molar-refractivity contribution in [2.45, 2.75) is 30.3 Å². The van der Waals surface area contributed by atoms with Crippen LogP contribution in [0.2, 0.25) is 0 Å². The molecule has 1 aliphatic heterocycles. The van der Waals surface area contributed by atoms with Crippen LogP contribution in [-0.2, 0) is 26.6 Å². The number of aromatic nitrogens is 2. The first-order chi connectivity index (χ1) is 9.27. The van der Waals surface area contributed by atoms with Crippen LogP contribution in [0.25, 0.3) is 0 Å². The second kappa shape index (κ2) is 5.15. The van der Waals surface area contributed by atoms with Gasteiger partial charge in [-0.2, -0.15) is 4.72 Å². The minimum atomic E-state index is -3.98. The zero-order valence-corrected chi connectivity index (χ0v) is 12.1. The molecule has 1 fully saturated rings. The van der Waals surface area contributed by atoms with Crippen molar-refractivity contribution in [3.05, 3.63) is 12.0 Å². The van der Waals surface area contributed by atoms with Gasteiger partial charge in [0.15, 0.2) is 5.03 Å². The molecule has 112 valence electrons. The Morgan fingerprint density at radius 2 is 2.10 bits per heavy atom. The number of carboxylic acids is 1. The zero-order valence-electron chi connectivity index (χ0n) is 11.3. The van der Waals surface area contributed by atoms with Gasteiger partial charge in [0.2, 0.25) is 0 Å². The fraction of sp³-hybridized carbons (Fsp3) is 0.636. The summed E-state index contributed by atoms with van der Waals surface area (Å²) >= 11 is 0. The summed E-state index contributed by atoms with van der Waals surface area (Å²) in [5.74, 6) is -0.668. The maximum Gasteiger partial charge on any atom is 0.325 e. The number of sulfonamides is 1. The van der Waals surface area contributed by atoms with Crippen molar-refractivity contribution in [2.75, 3.05) is 13.2 Å². The van der Waals surface area contributed by atoms with E-state index in [1.807, 2.05) is 0 Å². The molecule has 1 aromatic heterocycles. The Hall–Kier alpha value is -1.45. The van der Waals surface area contributed by atoms with E-state index in [9.17, 15) is 18.3 Å². The first-order valence-electron chi connectivity index (χ1n) is 6.12. The molecule has 0 atom stereocenters. The molecule has 2 N–H and O–H groups in total. The van der Waals surface area contributed by atoms with Gasteiger partial charge in [0, 0.05) is 39.3 Å². The van der Waals surface area contributed by atoms with Gasteiger partial charge in [0.25, 0.3) is 10.0 Å². The van der Waals surface area contributed by atoms with Crippen molar-refractivity contribution >= 4 is 16.0 Å². The predicted molar refractivity (Wildman–Crippen MR) is 68.7 cm³/mol. The molecule has 0 saturated carbocycles. The smallest absolute Gasteiger partial charge is 0.325 e. The predicted octanol–water partition coefficient (Wildman–Crippen LogP) is -0.359. The Kier molecular flexibility index (Phi) is 3.85. The quantitative estimate of drug-likeness (QED) is 0.786. The van der Waals surface area contributed by atoms with Gasteiger partial charge < -0.3 is 14.4 Å². The van der Waals surface area contributed by atoms with E-state index >= 15 is 0 Å². The molecule has 8 nitrogen and oxygen atoms in total. The van der Waals surface area contributed by atoms with E-state index in [1.165, 1.54) is 6.20 Å². The van der Waals surface area contributed by atoms with Crippen LogP contribution in [0.3, 0.4) is 0 Å². The van der Waals surface area contributed by atoms with Gasteiger partial charge in [0.05, 0.1) is 0 Å². The molecule has 1 aliphatic rings. The number of imidazole rings is 1. The summed E-state index contributed by atoms with van der Waals surface area (Å²) in [6, 6.07) is 0. The lowest BCUT2D eigenvalue weighted by Crippen LogP contribution is -2.57. The number of nitrogens with one attached hydrogen (secondary N) is 1. The summed E-state index contributed by atoms with van der Waals surface area (Å²) in [6.07, 6.45) is 1.54. The van der Waals surface area contributed by atoms with Gasteiger partial charge in [-0.15, -0.1) is 0 Å². The van der Waals surface area contributed by atoms with E-state index in [4.69, 9.17) is 4.74 Å². The largest absolute Gasteiger partial charge is 0.480 e. The lowest BCUT2D eigenvalue weighted by molar-refractivity contribution is -0.147. The number of hydrogen-bond donors (Lipinski definition) is 2. The molecule has 20 heavy (non-hydrogen) atoms. The number of carboxylic acid groups (broad SMARTS) is 1. The van der Waals surface area contributed by atoms with Gasteiger partial charge in [-0.25, -0.2) is 13.4 Å². The summed E-state index contributed by atoms with van der Waals surface area (Å²) in [7, 11) is -2.31. The van der Waals surface area contributed by atoms with E-state index in [0.29, 0.717) is 5.82 Å². The summed E-state index contributed by atoms with van der Waals surface area (Å²) in [5.41, 5.74) is -1.53. The fourth-order valence-electron chi connectivity index (χ4n) is 2.04. The molecule has 1 aromatic rings. The summed E-state index contributed by atoms with van der Waals surface area (Å²) in [6.45, 7) is 2.08. The van der Waals surface area contributed by atoms with Crippen LogP contribution >= 0.6 is 0 Å². The summed E-state index contributed by atoms with van der Waals surface area (Å²) in [5, 5.41) is 9.17. The van der Waals surface area contributed by atoms with Crippen LogP contribution in [0, 0.1) is 6.92 Å². The Labute approximate surface area is 116 Å². The van der Waals surface area contributed by atoms with Crippen LogP contribution in [-0.4, -0.2) is 47.8 Å². The lowest BCUT2D eigenvalue weighted by Gasteiger charge is -2.33. The molecular formula is C11H17N3O5S. The first kappa shape index (κ1) is 14.9. The number of aliphatic carboxylic acids is 1. The molecular weight excluding hydrogens is 286 g/mol. The third kappa shape index (κ3) is 2.69. The maximum atomic E-state index is 12.3. The zero-order chi connectivity index (χ0) is 15.0. The average molecular weight is 303 g/mol. The lowest BCUT2D eigenvalue weighted by atomic mass is 9.92. The van der Waals surface area contributed by atoms with E-state index in [2.05, 4.69) is 9.71 Å². The van der Waals surface area contributed by atoms with Crippen molar-refractivity contribution in [1.29, 1.82) is 0 Å². The second-order valence-corrected chi connectivity index (χ2v) is 6.47. The normalized spacial score (nSPS) is 18.9. The number of ether oxygens (including phenoxy) is 1. The maximum absolute atomic E-state index is 12.3. The minimum absolute atomic E-state index is 0.0907. The van der Waals surface area contributed by atoms with Crippen molar-refractivity contribution < 1.29 is 23.1 Å². The van der Waals surface area contributed by atoms with Crippen LogP contribution in [0.15, 0.2) is 11.2 Å². The molecule has 0 spiro atoms. The number of carbonyl (C=O) groups is 1. The molecule has 0 aromatic carbocycles. The van der Waals surface area contributed by atoms with Crippen LogP contribution < -0.4 is 4.72 Å². The van der Waals surface area contributed by atoms with Crippen LogP contribution in [0.5, 0.6) is 0 Å². The summed E-state index contributed by atoms with van der Waals surface area (Å²) < 4.78 is 33.5. The van der Waals surface area contributed by atoms with Gasteiger partial charge in [-0.3, -0.25) is 4.79 Å². The highest BCUT2D eigenvalue weighted by Crippen LogP contribution is 2.24. The third-order valence-corrected chi connectivity index (χ3v) is 4.85. The van der Waals surface area contributed by atoms with Gasteiger partial charge in [0.1, 0.15) is 11.4 Å². The molecule has 0 unspecified atom stereocenters. The molecule has 0 amide bonds. The molecule has 0 radical (unpaired) electrons. The average Bonchev–Trinajstić information content (AvgIpc) is 2.71. The number of hydrogen-bond acceptors (Lipinski definition) is 5. The molecule has 9 heteroatoms. The minimum Gasteiger partial charge on any atom is -0.480 e. The first-order valence-corrected chi connectivity index (χ1v) is 7.60. The highest BCUT2D eigenvalue weighted by Gasteiger charge is 2.44. The summed E-state index contributed by atoms with van der Waals surface area (Å²) in [4.78, 5) is 15.4. The van der Waals surface area contributed by atoms with Crippen LogP contribution in [0.4, 0.5) is 0 Å². The van der Waals surface area contributed by atoms with Crippen molar-refractivity contribution in [3.63, 3.8) is 0 Å². The van der Waals surface area contributed by atoms with E-state index in [-0.39, 0.29) is 31.1 Å². The third-order valence-electron chi connectivity index (χ3n) is 3.45. The number of rotatable bonds is 4. The van der Waals surface area contributed by atoms with Crippen molar-refractivity contribution in [3.8, 4) is 0 Å². The monoisotopic (exact) mass is 303 g/mol. The van der Waals surface area contributed by atoms with Crippen LogP contribution in [0.1, 0.15) is 18.7 Å². The van der Waals surface area contributed by atoms with E-state index in [1.54, 1.807) is 18.5 Å².